The minimum Gasteiger partial charge on any atom is -0.388 e. The molecule has 5 nitrogen and oxygen atoms in total. The lowest BCUT2D eigenvalue weighted by Gasteiger charge is -2.31. The quantitative estimate of drug-likeness (QED) is 0.850. The van der Waals surface area contributed by atoms with Gasteiger partial charge in [-0.05, 0) is 19.4 Å². The zero-order chi connectivity index (χ0) is 13.4. The second-order valence-corrected chi connectivity index (χ2v) is 4.64. The van der Waals surface area contributed by atoms with Gasteiger partial charge in [0.1, 0.15) is 5.76 Å². The van der Waals surface area contributed by atoms with Gasteiger partial charge in [-0.15, -0.1) is 0 Å². The summed E-state index contributed by atoms with van der Waals surface area (Å²) in [4.78, 5) is 14.0. The molecule has 1 unspecified atom stereocenters. The zero-order valence-electron chi connectivity index (χ0n) is 10.5. The van der Waals surface area contributed by atoms with Crippen LogP contribution in [0, 0.1) is 6.92 Å². The number of carbonyl (C=O) groups is 1. The van der Waals surface area contributed by atoms with Crippen molar-refractivity contribution in [3.8, 4) is 0 Å². The van der Waals surface area contributed by atoms with Crippen LogP contribution in [-0.4, -0.2) is 22.7 Å². The van der Waals surface area contributed by atoms with E-state index in [0.717, 1.165) is 11.3 Å². The number of rotatable bonds is 1. The fraction of sp³-hybridized carbons (Fsp3) is 0.286. The first-order valence-corrected chi connectivity index (χ1v) is 6.19. The van der Waals surface area contributed by atoms with Gasteiger partial charge in [0.15, 0.2) is 5.69 Å². The van der Waals surface area contributed by atoms with Crippen molar-refractivity contribution in [2.24, 2.45) is 0 Å². The molecule has 0 aliphatic carbocycles. The highest BCUT2D eigenvalue weighted by molar-refractivity contribution is 6.05. The molecule has 3 rings (SSSR count). The molecular formula is C14H14N2O3. The number of hydrogen-bond donors (Lipinski definition) is 1. The first-order chi connectivity index (χ1) is 9.16. The van der Waals surface area contributed by atoms with E-state index in [1.54, 1.807) is 17.9 Å². The van der Waals surface area contributed by atoms with Gasteiger partial charge in [0, 0.05) is 23.9 Å². The molecule has 2 aromatic rings. The number of para-hydroxylation sites is 1. The van der Waals surface area contributed by atoms with E-state index in [1.165, 1.54) is 0 Å². The number of aliphatic hydroxyl groups excluding tert-OH is 1. The van der Waals surface area contributed by atoms with Gasteiger partial charge < -0.3 is 14.5 Å². The highest BCUT2D eigenvalue weighted by Gasteiger charge is 2.29. The van der Waals surface area contributed by atoms with Crippen LogP contribution in [0.15, 0.2) is 34.9 Å². The van der Waals surface area contributed by atoms with Crippen LogP contribution in [0.4, 0.5) is 5.69 Å². The fourth-order valence-electron chi connectivity index (χ4n) is 2.36. The number of nitrogens with zero attached hydrogens (tertiary/aromatic N) is 2. The lowest BCUT2D eigenvalue weighted by atomic mass is 9.98. The monoisotopic (exact) mass is 258 g/mol. The molecule has 0 spiro atoms. The van der Waals surface area contributed by atoms with Gasteiger partial charge >= 0.3 is 0 Å². The summed E-state index contributed by atoms with van der Waals surface area (Å²) in [5.41, 5.74) is 1.82. The number of hydrogen-bond acceptors (Lipinski definition) is 4. The molecule has 1 aliphatic heterocycles. The Balaban J connectivity index is 1.98. The molecule has 19 heavy (non-hydrogen) atoms. The van der Waals surface area contributed by atoms with Crippen LogP contribution in [0.25, 0.3) is 0 Å². The second-order valence-electron chi connectivity index (χ2n) is 4.64. The molecule has 0 bridgehead atoms. The van der Waals surface area contributed by atoms with Gasteiger partial charge in [-0.1, -0.05) is 23.4 Å². The SMILES string of the molecule is Cc1cc(C(=O)N2CCC(O)c3ccccc32)no1. The van der Waals surface area contributed by atoms with E-state index < -0.39 is 6.10 Å². The Bertz CT molecular complexity index is 621. The predicted molar refractivity (Wildman–Crippen MR) is 68.9 cm³/mol. The van der Waals surface area contributed by atoms with Gasteiger partial charge in [0.2, 0.25) is 0 Å². The van der Waals surface area contributed by atoms with E-state index in [4.69, 9.17) is 4.52 Å². The minimum atomic E-state index is -0.515. The summed E-state index contributed by atoms with van der Waals surface area (Å²) in [5, 5.41) is 13.7. The van der Waals surface area contributed by atoms with Crippen molar-refractivity contribution in [1.29, 1.82) is 0 Å². The molecule has 0 fully saturated rings. The van der Waals surface area contributed by atoms with Gasteiger partial charge in [0.25, 0.3) is 5.91 Å². The Morgan fingerprint density at radius 1 is 1.47 bits per heavy atom. The van der Waals surface area contributed by atoms with Crippen molar-refractivity contribution in [3.05, 3.63) is 47.3 Å². The number of aryl methyl sites for hydroxylation is 1. The van der Waals surface area contributed by atoms with Crippen molar-refractivity contribution < 1.29 is 14.4 Å². The first kappa shape index (κ1) is 11.9. The van der Waals surface area contributed by atoms with E-state index >= 15 is 0 Å². The molecule has 2 heterocycles. The number of fused-ring (bicyclic) bond motifs is 1. The third-order valence-electron chi connectivity index (χ3n) is 3.30. The Hall–Kier alpha value is -2.14. The van der Waals surface area contributed by atoms with Crippen LogP contribution in [0.1, 0.15) is 34.3 Å². The number of amides is 1. The number of aliphatic hydroxyl groups is 1. The highest BCUT2D eigenvalue weighted by Crippen LogP contribution is 2.34. The molecule has 0 saturated carbocycles. The van der Waals surface area contributed by atoms with E-state index in [2.05, 4.69) is 5.16 Å². The molecular weight excluding hydrogens is 244 g/mol. The van der Waals surface area contributed by atoms with Crippen LogP contribution in [0.5, 0.6) is 0 Å². The predicted octanol–water partition coefficient (Wildman–Crippen LogP) is 2.07. The van der Waals surface area contributed by atoms with Crippen molar-refractivity contribution in [2.45, 2.75) is 19.4 Å². The van der Waals surface area contributed by atoms with Crippen LogP contribution >= 0.6 is 0 Å². The number of benzene rings is 1. The minimum absolute atomic E-state index is 0.198. The summed E-state index contributed by atoms with van der Waals surface area (Å²) in [7, 11) is 0. The Morgan fingerprint density at radius 2 is 2.26 bits per heavy atom. The van der Waals surface area contributed by atoms with Crippen molar-refractivity contribution in [1.82, 2.24) is 5.16 Å². The number of carbonyl (C=O) groups excluding carboxylic acids is 1. The van der Waals surface area contributed by atoms with E-state index in [1.807, 2.05) is 24.3 Å². The highest BCUT2D eigenvalue weighted by atomic mass is 16.5. The molecule has 1 amide bonds. The second kappa shape index (κ2) is 4.51. The third-order valence-corrected chi connectivity index (χ3v) is 3.30. The normalized spacial score (nSPS) is 18.2. The summed E-state index contributed by atoms with van der Waals surface area (Å²) >= 11 is 0. The molecule has 1 aromatic heterocycles. The molecule has 5 heteroatoms. The summed E-state index contributed by atoms with van der Waals surface area (Å²) in [6, 6.07) is 9.01. The summed E-state index contributed by atoms with van der Waals surface area (Å²) in [6.45, 7) is 2.22. The van der Waals surface area contributed by atoms with Crippen LogP contribution in [-0.2, 0) is 0 Å². The Labute approximate surface area is 110 Å². The van der Waals surface area contributed by atoms with Crippen LogP contribution in [0.3, 0.4) is 0 Å². The van der Waals surface area contributed by atoms with Crippen molar-refractivity contribution in [2.75, 3.05) is 11.4 Å². The van der Waals surface area contributed by atoms with E-state index in [9.17, 15) is 9.90 Å². The molecule has 1 aliphatic rings. The van der Waals surface area contributed by atoms with Crippen molar-refractivity contribution in [3.63, 3.8) is 0 Å². The van der Waals surface area contributed by atoms with E-state index in [0.29, 0.717) is 24.4 Å². The Morgan fingerprint density at radius 3 is 3.00 bits per heavy atom. The van der Waals surface area contributed by atoms with E-state index in [-0.39, 0.29) is 5.91 Å². The maximum Gasteiger partial charge on any atom is 0.280 e. The fourth-order valence-corrected chi connectivity index (χ4v) is 2.36. The Kier molecular flexibility index (Phi) is 2.83. The molecule has 98 valence electrons. The standard InChI is InChI=1S/C14H14N2O3/c1-9-8-11(15-19-9)14(18)16-7-6-13(17)10-4-2-3-5-12(10)16/h2-5,8,13,17H,6-7H2,1H3. The molecule has 1 atom stereocenters. The average molecular weight is 258 g/mol. The lowest BCUT2D eigenvalue weighted by molar-refractivity contribution is 0.0962. The van der Waals surface area contributed by atoms with Crippen LogP contribution in [0.2, 0.25) is 0 Å². The summed E-state index contributed by atoms with van der Waals surface area (Å²) in [5.74, 6) is 0.407. The van der Waals surface area contributed by atoms with Gasteiger partial charge in [-0.25, -0.2) is 0 Å². The molecule has 1 N–H and O–H groups in total. The van der Waals surface area contributed by atoms with Crippen molar-refractivity contribution >= 4 is 11.6 Å². The summed E-state index contributed by atoms with van der Waals surface area (Å²) in [6.07, 6.45) is 0.0128. The summed E-state index contributed by atoms with van der Waals surface area (Å²) < 4.78 is 4.94. The van der Waals surface area contributed by atoms with Gasteiger partial charge in [-0.2, -0.15) is 0 Å². The number of aromatic nitrogens is 1. The maximum atomic E-state index is 12.4. The molecule has 1 aromatic carbocycles. The maximum absolute atomic E-state index is 12.4. The van der Waals surface area contributed by atoms with Gasteiger partial charge in [-0.3, -0.25) is 4.79 Å². The average Bonchev–Trinajstić information content (AvgIpc) is 2.86. The first-order valence-electron chi connectivity index (χ1n) is 6.19. The lowest BCUT2D eigenvalue weighted by Crippen LogP contribution is -2.36. The van der Waals surface area contributed by atoms with Crippen LogP contribution < -0.4 is 4.90 Å². The largest absolute Gasteiger partial charge is 0.388 e. The topological polar surface area (TPSA) is 66.6 Å². The third kappa shape index (κ3) is 2.02. The number of anilines is 1. The molecule has 0 radical (unpaired) electrons. The molecule has 0 saturated heterocycles. The zero-order valence-corrected chi connectivity index (χ0v) is 10.5. The smallest absolute Gasteiger partial charge is 0.280 e. The van der Waals surface area contributed by atoms with Gasteiger partial charge in [0.05, 0.1) is 6.10 Å².